The first-order valence-electron chi connectivity index (χ1n) is 17.1. The molecule has 0 amide bonds. The number of ether oxygens (including phenoxy) is 2. The summed E-state index contributed by atoms with van der Waals surface area (Å²) in [7, 11) is 0. The Morgan fingerprint density at radius 3 is 1.00 bits per heavy atom. The molecule has 0 fully saturated rings. The maximum Gasteiger partial charge on any atom is 0.349 e. The normalized spacial score (nSPS) is 11.8. The first-order valence-corrected chi connectivity index (χ1v) is 17.1. The molecule has 2 N–H and O–H groups in total. The van der Waals surface area contributed by atoms with Crippen LogP contribution in [0.3, 0.4) is 0 Å². The van der Waals surface area contributed by atoms with Crippen LogP contribution in [0.2, 0.25) is 0 Å². The van der Waals surface area contributed by atoms with Crippen LogP contribution in [0.4, 0.5) is 5.82 Å². The fourth-order valence-corrected chi connectivity index (χ4v) is 6.89. The summed E-state index contributed by atoms with van der Waals surface area (Å²) in [6.07, 6.45) is 1.67. The quantitative estimate of drug-likeness (QED) is 0.125. The minimum atomic E-state index is -1.01. The van der Waals surface area contributed by atoms with Crippen molar-refractivity contribution in [1.82, 2.24) is 9.55 Å². The summed E-state index contributed by atoms with van der Waals surface area (Å²) in [6.45, 7) is 0.192. The molecule has 0 bridgehead atoms. The van der Waals surface area contributed by atoms with Crippen molar-refractivity contribution in [2.75, 3.05) is 18.9 Å². The summed E-state index contributed by atoms with van der Waals surface area (Å²) in [4.78, 5) is 17.7. The molecular weight excluding hydrogens is 631 g/mol. The zero-order chi connectivity index (χ0) is 34.9. The van der Waals surface area contributed by atoms with Crippen molar-refractivity contribution in [2.45, 2.75) is 17.2 Å². The molecule has 6 aromatic carbocycles. The van der Waals surface area contributed by atoms with Crippen LogP contribution < -0.4 is 11.4 Å². The molecule has 0 aliphatic heterocycles. The van der Waals surface area contributed by atoms with Crippen molar-refractivity contribution < 1.29 is 9.47 Å². The maximum absolute atomic E-state index is 13.6. The Morgan fingerprint density at radius 1 is 0.471 bits per heavy atom. The lowest BCUT2D eigenvalue weighted by molar-refractivity contribution is -0.0527. The number of aromatic nitrogens is 2. The number of nitrogens with two attached hydrogens (primary N) is 1. The highest BCUT2D eigenvalue weighted by Gasteiger charge is 2.41. The van der Waals surface area contributed by atoms with E-state index in [1.807, 2.05) is 109 Å². The topological polar surface area (TPSA) is 79.4 Å². The predicted molar refractivity (Wildman–Crippen MR) is 202 cm³/mol. The molecule has 51 heavy (non-hydrogen) atoms. The molecule has 0 aliphatic carbocycles. The first-order chi connectivity index (χ1) is 25.1. The van der Waals surface area contributed by atoms with Crippen molar-refractivity contribution in [3.63, 3.8) is 0 Å². The van der Waals surface area contributed by atoms with E-state index in [0.717, 1.165) is 33.4 Å². The Hall–Kier alpha value is -6.08. The molecule has 0 atom stereocenters. The minimum absolute atomic E-state index is 0.0959. The summed E-state index contributed by atoms with van der Waals surface area (Å²) in [5.74, 6) is 0.149. The molecule has 0 spiro atoms. The van der Waals surface area contributed by atoms with Crippen LogP contribution in [0.1, 0.15) is 39.4 Å². The van der Waals surface area contributed by atoms with E-state index in [4.69, 9.17) is 15.2 Å². The highest BCUT2D eigenvalue weighted by Crippen LogP contribution is 2.43. The van der Waals surface area contributed by atoms with Gasteiger partial charge in [0.05, 0.1) is 19.3 Å². The Morgan fingerprint density at radius 2 is 0.745 bits per heavy atom. The lowest BCUT2D eigenvalue weighted by Crippen LogP contribution is -2.41. The van der Waals surface area contributed by atoms with Crippen molar-refractivity contribution >= 4 is 5.82 Å². The minimum Gasteiger partial charge on any atom is -0.383 e. The lowest BCUT2D eigenvalue weighted by atomic mass is 9.80. The SMILES string of the molecule is Nc1ccn(C(COC(c2ccccc2)(c2ccccc2)c2ccccc2)COC(c2ccccc2)(c2ccccc2)c2ccccc2)c(=O)n1. The Kier molecular flexibility index (Phi) is 9.97. The molecule has 1 aromatic heterocycles. The van der Waals surface area contributed by atoms with Crippen molar-refractivity contribution in [3.05, 3.63) is 238 Å². The summed E-state index contributed by atoms with van der Waals surface area (Å²) < 4.78 is 16.1. The van der Waals surface area contributed by atoms with Gasteiger partial charge in [0, 0.05) is 6.20 Å². The van der Waals surface area contributed by atoms with Crippen LogP contribution in [0.15, 0.2) is 199 Å². The maximum atomic E-state index is 13.6. The van der Waals surface area contributed by atoms with Gasteiger partial charge in [0.25, 0.3) is 0 Å². The van der Waals surface area contributed by atoms with Gasteiger partial charge in [0.2, 0.25) is 0 Å². The summed E-state index contributed by atoms with van der Waals surface area (Å²) in [5, 5.41) is 0. The second kappa shape index (κ2) is 15.2. The van der Waals surface area contributed by atoms with E-state index in [2.05, 4.69) is 77.8 Å². The molecule has 0 saturated carbocycles. The summed E-state index contributed by atoms with van der Waals surface area (Å²) >= 11 is 0. The third kappa shape index (κ3) is 6.75. The van der Waals surface area contributed by atoms with Crippen LogP contribution in [-0.4, -0.2) is 22.8 Å². The molecule has 0 unspecified atom stereocenters. The molecule has 0 saturated heterocycles. The molecular formula is C45H39N3O3. The molecule has 7 aromatic rings. The van der Waals surface area contributed by atoms with E-state index in [0.29, 0.717) is 0 Å². The van der Waals surface area contributed by atoms with E-state index in [1.54, 1.807) is 16.8 Å². The van der Waals surface area contributed by atoms with Gasteiger partial charge < -0.3 is 15.2 Å². The van der Waals surface area contributed by atoms with Gasteiger partial charge in [-0.2, -0.15) is 4.98 Å². The van der Waals surface area contributed by atoms with E-state index < -0.39 is 22.9 Å². The largest absolute Gasteiger partial charge is 0.383 e. The monoisotopic (exact) mass is 669 g/mol. The standard InChI is InChI=1S/C45H39N3O3/c46-42-31-32-48(43(49)47-42)41(33-50-44(35-19-7-1-8-20-35,36-21-9-2-10-22-36)37-23-11-3-12-24-37)34-51-45(38-25-13-4-14-26-38,39-27-15-5-16-28-39)40-29-17-6-18-30-40/h1-32,41H,33-34H2,(H2,46,47,49). The van der Waals surface area contributed by atoms with Crippen molar-refractivity contribution in [2.24, 2.45) is 0 Å². The van der Waals surface area contributed by atoms with Crippen LogP contribution >= 0.6 is 0 Å². The van der Waals surface area contributed by atoms with Crippen LogP contribution in [-0.2, 0) is 20.7 Å². The van der Waals surface area contributed by atoms with Gasteiger partial charge in [-0.25, -0.2) is 4.79 Å². The molecule has 0 aliphatic rings. The van der Waals surface area contributed by atoms with Crippen LogP contribution in [0, 0.1) is 0 Å². The third-order valence-electron chi connectivity index (χ3n) is 9.31. The summed E-state index contributed by atoms with van der Waals surface area (Å²) in [6, 6.07) is 62.1. The lowest BCUT2D eigenvalue weighted by Gasteiger charge is -2.39. The van der Waals surface area contributed by atoms with Gasteiger partial charge in [-0.05, 0) is 39.4 Å². The smallest absolute Gasteiger partial charge is 0.349 e. The highest BCUT2D eigenvalue weighted by molar-refractivity contribution is 5.49. The van der Waals surface area contributed by atoms with Crippen LogP contribution in [0.5, 0.6) is 0 Å². The predicted octanol–water partition coefficient (Wildman–Crippen LogP) is 8.38. The number of hydrogen-bond acceptors (Lipinski definition) is 5. The fourth-order valence-electron chi connectivity index (χ4n) is 6.89. The molecule has 252 valence electrons. The third-order valence-corrected chi connectivity index (χ3v) is 9.31. The van der Waals surface area contributed by atoms with Crippen molar-refractivity contribution in [3.8, 4) is 0 Å². The average molecular weight is 670 g/mol. The van der Waals surface area contributed by atoms with E-state index >= 15 is 0 Å². The number of hydrogen-bond donors (Lipinski definition) is 1. The van der Waals surface area contributed by atoms with Gasteiger partial charge in [0.1, 0.15) is 17.0 Å². The highest BCUT2D eigenvalue weighted by atomic mass is 16.5. The zero-order valence-corrected chi connectivity index (χ0v) is 28.2. The molecule has 6 heteroatoms. The van der Waals surface area contributed by atoms with E-state index in [-0.39, 0.29) is 19.0 Å². The second-order valence-electron chi connectivity index (χ2n) is 12.4. The molecule has 7 rings (SSSR count). The van der Waals surface area contributed by atoms with E-state index in [1.165, 1.54) is 0 Å². The second-order valence-corrected chi connectivity index (χ2v) is 12.4. The van der Waals surface area contributed by atoms with Crippen molar-refractivity contribution in [1.29, 1.82) is 0 Å². The molecule has 1 heterocycles. The first kappa shape index (κ1) is 33.4. The summed E-state index contributed by atoms with van der Waals surface area (Å²) in [5.41, 5.74) is 9.21. The number of rotatable bonds is 13. The van der Waals surface area contributed by atoms with Gasteiger partial charge in [-0.3, -0.25) is 4.57 Å². The van der Waals surface area contributed by atoms with Gasteiger partial charge >= 0.3 is 5.69 Å². The zero-order valence-electron chi connectivity index (χ0n) is 28.2. The Balaban J connectivity index is 1.37. The number of nitrogens with zero attached hydrogens (tertiary/aromatic N) is 2. The Bertz CT molecular complexity index is 1850. The Labute approximate surface area is 298 Å². The number of benzene rings is 6. The average Bonchev–Trinajstić information content (AvgIpc) is 3.20. The number of anilines is 1. The molecule has 0 radical (unpaired) electrons. The molecule has 6 nitrogen and oxygen atoms in total. The fraction of sp³-hybridized carbons (Fsp3) is 0.111. The van der Waals surface area contributed by atoms with E-state index in [9.17, 15) is 4.79 Å². The van der Waals surface area contributed by atoms with Gasteiger partial charge in [-0.1, -0.05) is 182 Å². The number of nitrogen functional groups attached to an aromatic ring is 1. The van der Waals surface area contributed by atoms with Gasteiger partial charge in [0.15, 0.2) is 0 Å². The van der Waals surface area contributed by atoms with Gasteiger partial charge in [-0.15, -0.1) is 0 Å². The van der Waals surface area contributed by atoms with Crippen LogP contribution in [0.25, 0.3) is 0 Å².